The average molecular weight is 297 g/mol. The second kappa shape index (κ2) is 5.56. The highest BCUT2D eigenvalue weighted by Crippen LogP contribution is 2.26. The number of nitrogens with zero attached hydrogens (tertiary/aromatic N) is 1. The Morgan fingerprint density at radius 3 is 3.16 bits per heavy atom. The Morgan fingerprint density at radius 1 is 1.58 bits per heavy atom. The lowest BCUT2D eigenvalue weighted by Crippen LogP contribution is -2.24. The van der Waals surface area contributed by atoms with Crippen molar-refractivity contribution in [3.8, 4) is 10.6 Å². The molecule has 0 aliphatic carbocycles. The molecule has 4 nitrogen and oxygen atoms in total. The van der Waals surface area contributed by atoms with Gasteiger partial charge in [0.15, 0.2) is 5.76 Å². The molecule has 2 aromatic heterocycles. The van der Waals surface area contributed by atoms with Crippen molar-refractivity contribution in [2.45, 2.75) is 30.5 Å². The Balaban J connectivity index is 1.69. The van der Waals surface area contributed by atoms with Crippen molar-refractivity contribution in [1.82, 2.24) is 5.16 Å². The number of hydrogen-bond acceptors (Lipinski definition) is 5. The molecule has 1 saturated heterocycles. The first-order valence-corrected chi connectivity index (χ1v) is 8.48. The van der Waals surface area contributed by atoms with E-state index in [-0.39, 0.29) is 11.4 Å². The van der Waals surface area contributed by atoms with Crippen LogP contribution in [0.1, 0.15) is 19.0 Å². The van der Waals surface area contributed by atoms with Gasteiger partial charge < -0.3 is 9.26 Å². The van der Waals surface area contributed by atoms with Crippen LogP contribution >= 0.6 is 11.3 Å². The molecular formula is C13H15NO3S2. The van der Waals surface area contributed by atoms with Crippen molar-refractivity contribution in [3.05, 3.63) is 29.3 Å². The molecule has 0 amide bonds. The third-order valence-corrected chi connectivity index (χ3v) is 6.02. The number of aromatic nitrogens is 1. The monoisotopic (exact) mass is 297 g/mol. The van der Waals surface area contributed by atoms with Gasteiger partial charge in [-0.15, -0.1) is 11.3 Å². The zero-order chi connectivity index (χ0) is 13.2. The summed E-state index contributed by atoms with van der Waals surface area (Å²) in [4.78, 5) is 1.04. The van der Waals surface area contributed by atoms with E-state index < -0.39 is 10.8 Å². The summed E-state index contributed by atoms with van der Waals surface area (Å²) >= 11 is 1.60. The van der Waals surface area contributed by atoms with Gasteiger partial charge in [-0.1, -0.05) is 11.2 Å². The fourth-order valence-electron chi connectivity index (χ4n) is 2.22. The Bertz CT molecular complexity index is 564. The van der Waals surface area contributed by atoms with E-state index in [1.54, 1.807) is 11.3 Å². The fraction of sp³-hybridized carbons (Fsp3) is 0.462. The number of rotatable bonds is 4. The summed E-state index contributed by atoms with van der Waals surface area (Å²) in [5, 5.41) is 6.11. The molecular weight excluding hydrogens is 282 g/mol. The molecule has 3 heterocycles. The van der Waals surface area contributed by atoms with Crippen molar-refractivity contribution in [1.29, 1.82) is 0 Å². The Morgan fingerprint density at radius 2 is 2.47 bits per heavy atom. The Kier molecular flexibility index (Phi) is 3.81. The second-order valence-corrected chi connectivity index (χ2v) is 7.19. The van der Waals surface area contributed by atoms with Gasteiger partial charge in [-0.2, -0.15) is 0 Å². The van der Waals surface area contributed by atoms with Crippen LogP contribution in [0.25, 0.3) is 10.6 Å². The van der Waals surface area contributed by atoms with Gasteiger partial charge in [0.05, 0.1) is 27.7 Å². The molecule has 0 saturated carbocycles. The molecule has 102 valence electrons. The average Bonchev–Trinajstić information content (AvgIpc) is 3.07. The summed E-state index contributed by atoms with van der Waals surface area (Å²) in [5.74, 6) is 1.19. The Labute approximate surface area is 118 Å². The molecule has 0 aromatic carbocycles. The van der Waals surface area contributed by atoms with Gasteiger partial charge in [0.2, 0.25) is 0 Å². The van der Waals surface area contributed by atoms with Gasteiger partial charge in [-0.05, 0) is 24.8 Å². The molecule has 19 heavy (non-hydrogen) atoms. The minimum Gasteiger partial charge on any atom is -0.377 e. The molecule has 0 N–H and O–H groups in total. The minimum atomic E-state index is -0.954. The Hall–Kier alpha value is -0.980. The van der Waals surface area contributed by atoms with Crippen LogP contribution in [0.2, 0.25) is 0 Å². The van der Waals surface area contributed by atoms with E-state index in [2.05, 4.69) is 5.16 Å². The molecule has 3 atom stereocenters. The van der Waals surface area contributed by atoms with Crippen LogP contribution in [0.3, 0.4) is 0 Å². The highest BCUT2D eigenvalue weighted by Gasteiger charge is 2.30. The second-order valence-electron chi connectivity index (χ2n) is 4.59. The maximum Gasteiger partial charge on any atom is 0.177 e. The summed E-state index contributed by atoms with van der Waals surface area (Å²) in [6.45, 7) is 2.69. The van der Waals surface area contributed by atoms with Crippen LogP contribution in [0.5, 0.6) is 0 Å². The fourth-order valence-corrected chi connectivity index (χ4v) is 4.40. The van der Waals surface area contributed by atoms with Gasteiger partial charge in [0, 0.05) is 23.5 Å². The molecule has 1 fully saturated rings. The molecule has 1 aliphatic heterocycles. The highest BCUT2D eigenvalue weighted by molar-refractivity contribution is 7.84. The smallest absolute Gasteiger partial charge is 0.177 e. The van der Waals surface area contributed by atoms with Crippen LogP contribution < -0.4 is 0 Å². The van der Waals surface area contributed by atoms with E-state index in [1.165, 1.54) is 0 Å². The summed E-state index contributed by atoms with van der Waals surface area (Å²) in [7, 11) is -0.954. The van der Waals surface area contributed by atoms with E-state index in [9.17, 15) is 4.21 Å². The summed E-state index contributed by atoms with van der Waals surface area (Å²) in [6.07, 6.45) is 0.938. The number of hydrogen-bond donors (Lipinski definition) is 0. The molecule has 2 aromatic rings. The van der Waals surface area contributed by atoms with E-state index in [4.69, 9.17) is 9.26 Å². The van der Waals surface area contributed by atoms with E-state index >= 15 is 0 Å². The molecule has 0 radical (unpaired) electrons. The first-order valence-electron chi connectivity index (χ1n) is 6.22. The maximum absolute atomic E-state index is 12.3. The van der Waals surface area contributed by atoms with Crippen LogP contribution in [-0.2, 0) is 21.3 Å². The van der Waals surface area contributed by atoms with Gasteiger partial charge in [0.1, 0.15) is 0 Å². The maximum atomic E-state index is 12.3. The van der Waals surface area contributed by atoms with Gasteiger partial charge >= 0.3 is 0 Å². The number of thiophene rings is 1. The van der Waals surface area contributed by atoms with Crippen LogP contribution in [0.15, 0.2) is 28.1 Å². The van der Waals surface area contributed by atoms with Crippen LogP contribution in [-0.4, -0.2) is 27.3 Å². The van der Waals surface area contributed by atoms with Crippen molar-refractivity contribution in [2.24, 2.45) is 0 Å². The molecule has 1 aliphatic rings. The van der Waals surface area contributed by atoms with E-state index in [0.717, 1.165) is 22.8 Å². The first-order chi connectivity index (χ1) is 9.24. The third-order valence-electron chi connectivity index (χ3n) is 3.26. The van der Waals surface area contributed by atoms with E-state index in [1.807, 2.05) is 30.5 Å². The lowest BCUT2D eigenvalue weighted by molar-refractivity contribution is 0.127. The van der Waals surface area contributed by atoms with Crippen LogP contribution in [0.4, 0.5) is 0 Å². The van der Waals surface area contributed by atoms with E-state index in [0.29, 0.717) is 12.4 Å². The lowest BCUT2D eigenvalue weighted by atomic mass is 10.3. The molecule has 0 bridgehead atoms. The molecule has 0 spiro atoms. The largest absolute Gasteiger partial charge is 0.377 e. The summed E-state index contributed by atoms with van der Waals surface area (Å²) in [5.41, 5.74) is 0.751. The van der Waals surface area contributed by atoms with Gasteiger partial charge in [0.25, 0.3) is 0 Å². The highest BCUT2D eigenvalue weighted by atomic mass is 32.2. The van der Waals surface area contributed by atoms with Gasteiger partial charge in [-0.3, -0.25) is 4.21 Å². The SMILES string of the molecule is C[C@@H]1OCC[C@H]1[S@@](=O)Cc1cc(-c2cccs2)on1. The lowest BCUT2D eigenvalue weighted by Gasteiger charge is -2.12. The number of ether oxygens (including phenoxy) is 1. The van der Waals surface area contributed by atoms with Crippen molar-refractivity contribution in [2.75, 3.05) is 6.61 Å². The standard InChI is InChI=1S/C13H15NO3S2/c1-9-13(4-5-16-9)19(15)8-10-7-11(17-14-10)12-3-2-6-18-12/h2-3,6-7,9,13H,4-5,8H2,1H3/t9-,13+,19-/m0/s1. The normalized spacial score (nSPS) is 24.7. The summed E-state index contributed by atoms with van der Waals surface area (Å²) in [6, 6.07) is 5.83. The minimum absolute atomic E-state index is 0.0736. The predicted molar refractivity (Wildman–Crippen MR) is 75.5 cm³/mol. The van der Waals surface area contributed by atoms with Crippen molar-refractivity contribution in [3.63, 3.8) is 0 Å². The van der Waals surface area contributed by atoms with Crippen molar-refractivity contribution >= 4 is 22.1 Å². The zero-order valence-corrected chi connectivity index (χ0v) is 12.2. The van der Waals surface area contributed by atoms with Crippen LogP contribution in [0, 0.1) is 0 Å². The summed E-state index contributed by atoms with van der Waals surface area (Å²) < 4.78 is 23.0. The first kappa shape index (κ1) is 13.0. The molecule has 0 unspecified atom stereocenters. The topological polar surface area (TPSA) is 52.3 Å². The quantitative estimate of drug-likeness (QED) is 0.871. The molecule has 3 rings (SSSR count). The predicted octanol–water partition coefficient (Wildman–Crippen LogP) is 2.83. The zero-order valence-electron chi connectivity index (χ0n) is 10.6. The molecule has 6 heteroatoms. The third kappa shape index (κ3) is 2.80. The van der Waals surface area contributed by atoms with Gasteiger partial charge in [-0.25, -0.2) is 0 Å². The van der Waals surface area contributed by atoms with Crippen molar-refractivity contribution < 1.29 is 13.5 Å².